The molecule has 0 spiro atoms. The highest BCUT2D eigenvalue weighted by Crippen LogP contribution is 2.43. The molecule has 3 heterocycles. The second-order valence-corrected chi connectivity index (χ2v) is 12.2. The molecule has 8 heteroatoms. The molecule has 1 saturated heterocycles. The molecule has 7 nitrogen and oxygen atoms in total. The van der Waals surface area contributed by atoms with Crippen LogP contribution in [-0.2, 0) is 9.53 Å². The molecule has 2 aromatic heterocycles. The van der Waals surface area contributed by atoms with Crippen molar-refractivity contribution in [3.05, 3.63) is 35.5 Å². The number of aliphatic carboxylic acids is 1. The maximum absolute atomic E-state index is 15.1. The van der Waals surface area contributed by atoms with Gasteiger partial charge in [0.2, 0.25) is 5.88 Å². The second kappa shape index (κ2) is 10.6. The molecule has 0 unspecified atom stereocenters. The molecule has 1 aliphatic carbocycles. The number of anilines is 1. The lowest BCUT2D eigenvalue weighted by atomic mass is 9.82. The van der Waals surface area contributed by atoms with Gasteiger partial charge in [-0.25, -0.2) is 14.2 Å². The Morgan fingerprint density at radius 3 is 2.43 bits per heavy atom. The number of carboxylic acid groups (broad SMARTS) is 1. The standard InChI is InChI=1S/C29H40FN3O4/c1-18-23(25(27(34)35)37-28(2,3)4)24(33-12-10-29(5,6)11-13-33)21(16-31-18)20-14-22(30)26(32-15-20)36-17-19-8-7-9-19/h14-16,19,25H,7-13,17H2,1-6H3,(H,34,35)/t25-/m0/s1. The van der Waals surface area contributed by atoms with Gasteiger partial charge in [-0.1, -0.05) is 20.3 Å². The summed E-state index contributed by atoms with van der Waals surface area (Å²) in [5, 5.41) is 10.2. The van der Waals surface area contributed by atoms with Crippen LogP contribution in [0.2, 0.25) is 0 Å². The molecule has 1 aliphatic heterocycles. The normalized spacial score (nSPS) is 18.8. The van der Waals surface area contributed by atoms with E-state index in [4.69, 9.17) is 9.47 Å². The molecule has 0 bridgehead atoms. The fourth-order valence-corrected chi connectivity index (χ4v) is 4.93. The maximum Gasteiger partial charge on any atom is 0.337 e. The van der Waals surface area contributed by atoms with Crippen molar-refractivity contribution in [1.82, 2.24) is 9.97 Å². The lowest BCUT2D eigenvalue weighted by Crippen LogP contribution is -2.39. The van der Waals surface area contributed by atoms with Crippen LogP contribution in [-0.4, -0.2) is 46.3 Å². The number of carboxylic acids is 1. The van der Waals surface area contributed by atoms with E-state index in [2.05, 4.69) is 28.7 Å². The number of hydrogen-bond acceptors (Lipinski definition) is 6. The minimum absolute atomic E-state index is 0.00306. The highest BCUT2D eigenvalue weighted by molar-refractivity contribution is 5.86. The van der Waals surface area contributed by atoms with Crippen molar-refractivity contribution in [1.29, 1.82) is 0 Å². The van der Waals surface area contributed by atoms with E-state index < -0.39 is 23.5 Å². The van der Waals surface area contributed by atoms with E-state index in [-0.39, 0.29) is 11.3 Å². The first kappa shape index (κ1) is 27.3. The zero-order valence-corrected chi connectivity index (χ0v) is 22.9. The zero-order valence-electron chi connectivity index (χ0n) is 22.9. The molecule has 1 N–H and O–H groups in total. The lowest BCUT2D eigenvalue weighted by molar-refractivity contribution is -0.160. The van der Waals surface area contributed by atoms with E-state index in [1.54, 1.807) is 19.3 Å². The predicted molar refractivity (Wildman–Crippen MR) is 141 cm³/mol. The van der Waals surface area contributed by atoms with Crippen molar-refractivity contribution in [3.63, 3.8) is 0 Å². The monoisotopic (exact) mass is 513 g/mol. The third kappa shape index (κ3) is 6.40. The number of aryl methyl sites for hydroxylation is 1. The summed E-state index contributed by atoms with van der Waals surface area (Å²) in [5.41, 5.74) is 2.48. The van der Waals surface area contributed by atoms with E-state index in [0.29, 0.717) is 34.9 Å². The van der Waals surface area contributed by atoms with E-state index >= 15 is 4.39 Å². The van der Waals surface area contributed by atoms with Gasteiger partial charge in [-0.3, -0.25) is 4.98 Å². The van der Waals surface area contributed by atoms with Gasteiger partial charge >= 0.3 is 5.97 Å². The quantitative estimate of drug-likeness (QED) is 0.441. The Morgan fingerprint density at radius 1 is 1.22 bits per heavy atom. The van der Waals surface area contributed by atoms with Crippen LogP contribution in [0.3, 0.4) is 0 Å². The molecule has 37 heavy (non-hydrogen) atoms. The van der Waals surface area contributed by atoms with E-state index in [1.807, 2.05) is 20.8 Å². The summed E-state index contributed by atoms with van der Waals surface area (Å²) in [6, 6.07) is 1.41. The number of aromatic nitrogens is 2. The van der Waals surface area contributed by atoms with Crippen LogP contribution in [0.5, 0.6) is 5.88 Å². The number of halogens is 1. The number of rotatable bonds is 8. The number of ether oxygens (including phenoxy) is 2. The Morgan fingerprint density at radius 2 is 1.89 bits per heavy atom. The molecule has 0 radical (unpaired) electrons. The number of hydrogen-bond donors (Lipinski definition) is 1. The van der Waals surface area contributed by atoms with Crippen molar-refractivity contribution < 1.29 is 23.8 Å². The smallest absolute Gasteiger partial charge is 0.337 e. The van der Waals surface area contributed by atoms with Crippen molar-refractivity contribution in [2.45, 2.75) is 85.4 Å². The first-order valence-electron chi connectivity index (χ1n) is 13.3. The summed E-state index contributed by atoms with van der Waals surface area (Å²) in [7, 11) is 0. The van der Waals surface area contributed by atoms with Gasteiger partial charge < -0.3 is 19.5 Å². The average molecular weight is 514 g/mol. The molecule has 0 amide bonds. The predicted octanol–water partition coefficient (Wildman–Crippen LogP) is 6.34. The minimum atomic E-state index is -1.22. The topological polar surface area (TPSA) is 84.8 Å². The van der Waals surface area contributed by atoms with Gasteiger partial charge in [0.05, 0.1) is 17.9 Å². The van der Waals surface area contributed by atoms with Gasteiger partial charge in [0.25, 0.3) is 0 Å². The number of pyridine rings is 2. The summed E-state index contributed by atoms with van der Waals surface area (Å²) in [4.78, 5) is 23.6. The van der Waals surface area contributed by atoms with Crippen LogP contribution in [0.4, 0.5) is 10.1 Å². The van der Waals surface area contributed by atoms with Gasteiger partial charge in [0.15, 0.2) is 11.9 Å². The Kier molecular flexibility index (Phi) is 7.79. The SMILES string of the molecule is Cc1ncc(-c2cnc(OCC3CCC3)c(F)c2)c(N2CCC(C)(C)CC2)c1[C@H](OC(C)(C)C)C(=O)O. The molecular formula is C29H40FN3O4. The first-order chi connectivity index (χ1) is 17.3. The summed E-state index contributed by atoms with van der Waals surface area (Å²) >= 11 is 0. The van der Waals surface area contributed by atoms with Gasteiger partial charge in [-0.15, -0.1) is 0 Å². The Labute approximate surface area is 219 Å². The van der Waals surface area contributed by atoms with Crippen LogP contribution in [0.25, 0.3) is 11.1 Å². The van der Waals surface area contributed by atoms with E-state index in [1.165, 1.54) is 12.5 Å². The minimum Gasteiger partial charge on any atom is -0.479 e. The summed E-state index contributed by atoms with van der Waals surface area (Å²) in [6.45, 7) is 13.8. The number of carbonyl (C=O) groups is 1. The molecule has 1 atom stereocenters. The van der Waals surface area contributed by atoms with Gasteiger partial charge in [0.1, 0.15) is 0 Å². The fourth-order valence-electron chi connectivity index (χ4n) is 4.93. The molecule has 1 saturated carbocycles. The van der Waals surface area contributed by atoms with Crippen LogP contribution in [0.1, 0.15) is 84.1 Å². The summed E-state index contributed by atoms with van der Waals surface area (Å²) in [5.74, 6) is -1.16. The molecule has 202 valence electrons. The summed E-state index contributed by atoms with van der Waals surface area (Å²) in [6.07, 6.45) is 7.36. The van der Waals surface area contributed by atoms with E-state index in [0.717, 1.165) is 44.5 Å². The Balaban J connectivity index is 1.79. The van der Waals surface area contributed by atoms with Crippen molar-refractivity contribution in [3.8, 4) is 17.0 Å². The molecule has 0 aromatic carbocycles. The highest BCUT2D eigenvalue weighted by atomic mass is 19.1. The van der Waals surface area contributed by atoms with Crippen LogP contribution in [0.15, 0.2) is 18.5 Å². The molecular weight excluding hydrogens is 473 g/mol. The molecule has 2 aromatic rings. The highest BCUT2D eigenvalue weighted by Gasteiger charge is 2.36. The largest absolute Gasteiger partial charge is 0.479 e. The van der Waals surface area contributed by atoms with Crippen molar-refractivity contribution in [2.24, 2.45) is 11.3 Å². The van der Waals surface area contributed by atoms with Crippen LogP contribution < -0.4 is 9.64 Å². The molecule has 2 aliphatic rings. The van der Waals surface area contributed by atoms with Crippen LogP contribution >= 0.6 is 0 Å². The maximum atomic E-state index is 15.1. The van der Waals surface area contributed by atoms with E-state index in [9.17, 15) is 9.90 Å². The molecule has 4 rings (SSSR count). The third-order valence-corrected chi connectivity index (χ3v) is 7.48. The van der Waals surface area contributed by atoms with Crippen LogP contribution in [0, 0.1) is 24.1 Å². The number of nitrogens with zero attached hydrogens (tertiary/aromatic N) is 3. The van der Waals surface area contributed by atoms with Crippen molar-refractivity contribution in [2.75, 3.05) is 24.6 Å². The lowest BCUT2D eigenvalue weighted by Gasteiger charge is -2.40. The second-order valence-electron chi connectivity index (χ2n) is 12.2. The zero-order chi connectivity index (χ0) is 27.0. The van der Waals surface area contributed by atoms with Gasteiger partial charge in [0, 0.05) is 47.9 Å². The third-order valence-electron chi connectivity index (χ3n) is 7.48. The fraction of sp³-hybridized carbons (Fsp3) is 0.621. The van der Waals surface area contributed by atoms with Crippen molar-refractivity contribution >= 4 is 11.7 Å². The number of piperidine rings is 1. The first-order valence-corrected chi connectivity index (χ1v) is 13.3. The van der Waals surface area contributed by atoms with Gasteiger partial charge in [-0.05, 0) is 70.8 Å². The molecule has 2 fully saturated rings. The summed E-state index contributed by atoms with van der Waals surface area (Å²) < 4.78 is 26.9. The average Bonchev–Trinajstić information content (AvgIpc) is 2.77. The Bertz CT molecular complexity index is 1130. The Hall–Kier alpha value is -2.74. The van der Waals surface area contributed by atoms with Gasteiger partial charge in [-0.2, -0.15) is 0 Å².